The van der Waals surface area contributed by atoms with Gasteiger partial charge in [0.2, 0.25) is 0 Å². The van der Waals surface area contributed by atoms with Gasteiger partial charge < -0.3 is 14.5 Å². The van der Waals surface area contributed by atoms with Crippen LogP contribution in [0.4, 0.5) is 0 Å². The molecule has 0 aromatic carbocycles. The average Bonchev–Trinajstić information content (AvgIpc) is 2.41. The van der Waals surface area contributed by atoms with Gasteiger partial charge in [-0.25, -0.2) is 0 Å². The number of rotatable bonds is 5. The average molecular weight is 211 g/mol. The fourth-order valence-corrected chi connectivity index (χ4v) is 1.98. The zero-order valence-corrected chi connectivity index (χ0v) is 10.3. The van der Waals surface area contributed by atoms with E-state index in [-0.39, 0.29) is 6.04 Å². The molecule has 0 amide bonds. The Bertz CT molecular complexity index is 312. The van der Waals surface area contributed by atoms with Crippen LogP contribution in [0.25, 0.3) is 0 Å². The highest BCUT2D eigenvalue weighted by molar-refractivity contribution is 5.34. The van der Waals surface area contributed by atoms with Crippen molar-refractivity contribution in [2.24, 2.45) is 0 Å². The van der Waals surface area contributed by atoms with Crippen LogP contribution < -0.4 is 5.32 Å². The Morgan fingerprint density at radius 2 is 1.93 bits per heavy atom. The SMILES string of the molecule is CCNC(COC)c1c(C)oc(C)c1C. The summed E-state index contributed by atoms with van der Waals surface area (Å²) in [6.07, 6.45) is 0. The predicted molar refractivity (Wildman–Crippen MR) is 61.2 cm³/mol. The Morgan fingerprint density at radius 3 is 2.33 bits per heavy atom. The van der Waals surface area contributed by atoms with Crippen molar-refractivity contribution in [1.29, 1.82) is 0 Å². The molecule has 3 heteroatoms. The molecular formula is C12H21NO2. The number of furan rings is 1. The Hall–Kier alpha value is -0.800. The van der Waals surface area contributed by atoms with Gasteiger partial charge in [0, 0.05) is 12.7 Å². The summed E-state index contributed by atoms with van der Waals surface area (Å²) in [6.45, 7) is 9.81. The van der Waals surface area contributed by atoms with Crippen molar-refractivity contribution in [3.05, 3.63) is 22.6 Å². The molecule has 0 fully saturated rings. The summed E-state index contributed by atoms with van der Waals surface area (Å²) in [5.41, 5.74) is 2.48. The van der Waals surface area contributed by atoms with Crippen molar-refractivity contribution in [1.82, 2.24) is 5.32 Å². The van der Waals surface area contributed by atoms with E-state index in [1.165, 1.54) is 11.1 Å². The second-order valence-electron chi connectivity index (χ2n) is 3.82. The lowest BCUT2D eigenvalue weighted by Crippen LogP contribution is -2.25. The molecule has 0 saturated heterocycles. The number of ether oxygens (including phenoxy) is 1. The minimum Gasteiger partial charge on any atom is -0.466 e. The first-order valence-corrected chi connectivity index (χ1v) is 5.40. The van der Waals surface area contributed by atoms with E-state index in [0.717, 1.165) is 18.1 Å². The number of nitrogens with one attached hydrogen (secondary N) is 1. The Balaban J connectivity index is 2.98. The second-order valence-corrected chi connectivity index (χ2v) is 3.82. The summed E-state index contributed by atoms with van der Waals surface area (Å²) in [7, 11) is 1.72. The van der Waals surface area contributed by atoms with Gasteiger partial charge in [-0.15, -0.1) is 0 Å². The molecule has 1 unspecified atom stereocenters. The van der Waals surface area contributed by atoms with Crippen LogP contribution in [0.15, 0.2) is 4.42 Å². The highest BCUT2D eigenvalue weighted by Gasteiger charge is 2.19. The maximum atomic E-state index is 5.62. The minimum absolute atomic E-state index is 0.234. The van der Waals surface area contributed by atoms with Crippen LogP contribution in [0.2, 0.25) is 0 Å². The molecule has 1 aromatic heterocycles. The highest BCUT2D eigenvalue weighted by atomic mass is 16.5. The third-order valence-electron chi connectivity index (χ3n) is 2.75. The van der Waals surface area contributed by atoms with E-state index in [1.54, 1.807) is 7.11 Å². The van der Waals surface area contributed by atoms with E-state index in [9.17, 15) is 0 Å². The molecule has 1 N–H and O–H groups in total. The molecule has 0 aliphatic heterocycles. The molecule has 1 rings (SSSR count). The van der Waals surface area contributed by atoms with Crippen LogP contribution in [-0.2, 0) is 4.74 Å². The predicted octanol–water partition coefficient (Wildman–Crippen LogP) is 2.50. The summed E-state index contributed by atoms with van der Waals surface area (Å²) in [6, 6.07) is 0.234. The van der Waals surface area contributed by atoms with Gasteiger partial charge in [0.1, 0.15) is 11.5 Å². The molecule has 86 valence electrons. The quantitative estimate of drug-likeness (QED) is 0.812. The van der Waals surface area contributed by atoms with Crippen LogP contribution in [0, 0.1) is 20.8 Å². The number of likely N-dealkylation sites (N-methyl/N-ethyl adjacent to an activating group) is 1. The maximum absolute atomic E-state index is 5.62. The fraction of sp³-hybridized carbons (Fsp3) is 0.667. The molecule has 0 radical (unpaired) electrons. The van der Waals surface area contributed by atoms with Crippen LogP contribution in [0.3, 0.4) is 0 Å². The van der Waals surface area contributed by atoms with E-state index < -0.39 is 0 Å². The number of hydrogen-bond donors (Lipinski definition) is 1. The van der Waals surface area contributed by atoms with Gasteiger partial charge in [0.25, 0.3) is 0 Å². The molecule has 0 aliphatic carbocycles. The molecule has 0 bridgehead atoms. The van der Waals surface area contributed by atoms with E-state index >= 15 is 0 Å². The normalized spacial score (nSPS) is 13.1. The van der Waals surface area contributed by atoms with Crippen LogP contribution >= 0.6 is 0 Å². The topological polar surface area (TPSA) is 34.4 Å². The minimum atomic E-state index is 0.234. The zero-order chi connectivity index (χ0) is 11.4. The van der Waals surface area contributed by atoms with E-state index in [1.807, 2.05) is 13.8 Å². The van der Waals surface area contributed by atoms with Crippen molar-refractivity contribution in [3.8, 4) is 0 Å². The summed E-state index contributed by atoms with van der Waals surface area (Å²) >= 11 is 0. The Labute approximate surface area is 91.8 Å². The van der Waals surface area contributed by atoms with Gasteiger partial charge in [-0.2, -0.15) is 0 Å². The molecule has 0 saturated carbocycles. The molecule has 1 aromatic rings. The largest absolute Gasteiger partial charge is 0.466 e. The van der Waals surface area contributed by atoms with Crippen molar-refractivity contribution >= 4 is 0 Å². The van der Waals surface area contributed by atoms with Crippen molar-refractivity contribution in [3.63, 3.8) is 0 Å². The van der Waals surface area contributed by atoms with Crippen LogP contribution in [0.5, 0.6) is 0 Å². The molecular weight excluding hydrogens is 190 g/mol. The van der Waals surface area contributed by atoms with Crippen LogP contribution in [0.1, 0.15) is 35.6 Å². The number of methoxy groups -OCH3 is 1. The van der Waals surface area contributed by atoms with E-state index in [4.69, 9.17) is 9.15 Å². The monoisotopic (exact) mass is 211 g/mol. The van der Waals surface area contributed by atoms with Gasteiger partial charge >= 0.3 is 0 Å². The summed E-state index contributed by atoms with van der Waals surface area (Å²) in [5, 5.41) is 3.41. The van der Waals surface area contributed by atoms with Gasteiger partial charge in [-0.05, 0) is 32.9 Å². The summed E-state index contributed by atoms with van der Waals surface area (Å²) in [5.74, 6) is 1.99. The van der Waals surface area contributed by atoms with Crippen LogP contribution in [-0.4, -0.2) is 20.3 Å². The lowest BCUT2D eigenvalue weighted by atomic mass is 10.0. The molecule has 3 nitrogen and oxygen atoms in total. The first kappa shape index (κ1) is 12.3. The van der Waals surface area contributed by atoms with Gasteiger partial charge in [0.15, 0.2) is 0 Å². The third-order valence-corrected chi connectivity index (χ3v) is 2.75. The lowest BCUT2D eigenvalue weighted by Gasteiger charge is -2.17. The number of hydrogen-bond acceptors (Lipinski definition) is 3. The number of aryl methyl sites for hydroxylation is 2. The Kier molecular flexibility index (Phi) is 4.36. The fourth-order valence-electron chi connectivity index (χ4n) is 1.98. The Morgan fingerprint density at radius 1 is 1.27 bits per heavy atom. The second kappa shape index (κ2) is 5.33. The maximum Gasteiger partial charge on any atom is 0.106 e. The van der Waals surface area contributed by atoms with Crippen molar-refractivity contribution in [2.45, 2.75) is 33.7 Å². The first-order valence-electron chi connectivity index (χ1n) is 5.40. The summed E-state index contributed by atoms with van der Waals surface area (Å²) in [4.78, 5) is 0. The van der Waals surface area contributed by atoms with Crippen molar-refractivity contribution < 1.29 is 9.15 Å². The van der Waals surface area contributed by atoms with Gasteiger partial charge in [-0.1, -0.05) is 6.92 Å². The molecule has 0 aliphatic rings. The summed E-state index contributed by atoms with van der Waals surface area (Å²) < 4.78 is 10.8. The molecule has 1 atom stereocenters. The van der Waals surface area contributed by atoms with Gasteiger partial charge in [0.05, 0.1) is 12.6 Å². The first-order chi connectivity index (χ1) is 7.11. The standard InChI is InChI=1S/C12H21NO2/c1-6-13-11(7-14-5)12-8(2)9(3)15-10(12)4/h11,13H,6-7H2,1-5H3. The van der Waals surface area contributed by atoms with Crippen molar-refractivity contribution in [2.75, 3.05) is 20.3 Å². The zero-order valence-electron chi connectivity index (χ0n) is 10.3. The molecule has 15 heavy (non-hydrogen) atoms. The third kappa shape index (κ3) is 2.61. The highest BCUT2D eigenvalue weighted by Crippen LogP contribution is 2.27. The van der Waals surface area contributed by atoms with E-state index in [0.29, 0.717) is 6.61 Å². The molecule has 0 spiro atoms. The lowest BCUT2D eigenvalue weighted by molar-refractivity contribution is 0.167. The van der Waals surface area contributed by atoms with Gasteiger partial charge in [-0.3, -0.25) is 0 Å². The smallest absolute Gasteiger partial charge is 0.106 e. The van der Waals surface area contributed by atoms with E-state index in [2.05, 4.69) is 19.2 Å². The molecule has 1 heterocycles.